The van der Waals surface area contributed by atoms with Gasteiger partial charge >= 0.3 is 11.9 Å². The number of rotatable bonds is 4. The van der Waals surface area contributed by atoms with Gasteiger partial charge in [0.05, 0.1) is 12.2 Å². The van der Waals surface area contributed by atoms with Crippen molar-refractivity contribution in [3.63, 3.8) is 0 Å². The standard InChI is InChI=1S/C11H13NO4/c1-3-7-5-8(11(15)16-4-2)9(10(13)14)12-6-7/h5-6H,3-4H2,1-2H3,(H,13,14). The van der Waals surface area contributed by atoms with Crippen LogP contribution in [0.25, 0.3) is 0 Å². The van der Waals surface area contributed by atoms with Crippen LogP contribution in [0.15, 0.2) is 12.3 Å². The molecule has 0 aliphatic carbocycles. The number of carbonyl (C=O) groups is 2. The number of ether oxygens (including phenoxy) is 1. The molecule has 0 amide bonds. The fourth-order valence-corrected chi connectivity index (χ4v) is 1.24. The van der Waals surface area contributed by atoms with Gasteiger partial charge in [0, 0.05) is 6.20 Å². The van der Waals surface area contributed by atoms with Crippen LogP contribution in [0, 0.1) is 0 Å². The van der Waals surface area contributed by atoms with Crippen molar-refractivity contribution in [1.29, 1.82) is 0 Å². The molecule has 1 aromatic heterocycles. The van der Waals surface area contributed by atoms with Gasteiger partial charge in [0.25, 0.3) is 0 Å². The zero-order valence-corrected chi connectivity index (χ0v) is 9.19. The first kappa shape index (κ1) is 12.2. The van der Waals surface area contributed by atoms with Crippen LogP contribution in [-0.2, 0) is 11.2 Å². The number of aryl methyl sites for hydroxylation is 1. The van der Waals surface area contributed by atoms with Gasteiger partial charge in [0.2, 0.25) is 0 Å². The van der Waals surface area contributed by atoms with Crippen LogP contribution in [0.2, 0.25) is 0 Å². The van der Waals surface area contributed by atoms with Gasteiger partial charge in [-0.3, -0.25) is 0 Å². The number of nitrogens with zero attached hydrogens (tertiary/aromatic N) is 1. The van der Waals surface area contributed by atoms with Crippen molar-refractivity contribution in [2.24, 2.45) is 0 Å². The third-order valence-corrected chi connectivity index (χ3v) is 2.05. The number of carbonyl (C=O) groups excluding carboxylic acids is 1. The van der Waals surface area contributed by atoms with Crippen molar-refractivity contribution in [1.82, 2.24) is 4.98 Å². The number of carboxylic acid groups (broad SMARTS) is 1. The molecule has 1 N–H and O–H groups in total. The molecule has 16 heavy (non-hydrogen) atoms. The summed E-state index contributed by atoms with van der Waals surface area (Å²) in [5.74, 6) is -1.88. The molecule has 0 bridgehead atoms. The van der Waals surface area contributed by atoms with Crippen LogP contribution < -0.4 is 0 Å². The molecule has 0 aliphatic rings. The maximum Gasteiger partial charge on any atom is 0.355 e. The van der Waals surface area contributed by atoms with Gasteiger partial charge in [0.15, 0.2) is 5.69 Å². The second kappa shape index (κ2) is 5.25. The van der Waals surface area contributed by atoms with Crippen molar-refractivity contribution in [3.8, 4) is 0 Å². The van der Waals surface area contributed by atoms with E-state index in [0.717, 1.165) is 5.56 Å². The predicted molar refractivity (Wildman–Crippen MR) is 56.5 cm³/mol. The SMILES string of the molecule is CCOC(=O)c1cc(CC)cnc1C(=O)O. The van der Waals surface area contributed by atoms with Crippen molar-refractivity contribution in [2.75, 3.05) is 6.61 Å². The highest BCUT2D eigenvalue weighted by Crippen LogP contribution is 2.11. The zero-order chi connectivity index (χ0) is 12.1. The average Bonchev–Trinajstić information content (AvgIpc) is 2.28. The van der Waals surface area contributed by atoms with Crippen LogP contribution in [0.5, 0.6) is 0 Å². The van der Waals surface area contributed by atoms with Crippen molar-refractivity contribution in [3.05, 3.63) is 29.1 Å². The number of carboxylic acids is 1. The van der Waals surface area contributed by atoms with E-state index in [1.54, 1.807) is 6.92 Å². The van der Waals surface area contributed by atoms with Gasteiger partial charge in [0.1, 0.15) is 0 Å². The second-order valence-electron chi connectivity index (χ2n) is 3.12. The molecule has 0 radical (unpaired) electrons. The summed E-state index contributed by atoms with van der Waals surface area (Å²) in [6.07, 6.45) is 2.13. The average molecular weight is 223 g/mol. The van der Waals surface area contributed by atoms with Crippen LogP contribution in [-0.4, -0.2) is 28.6 Å². The van der Waals surface area contributed by atoms with Crippen LogP contribution in [0.1, 0.15) is 40.3 Å². The summed E-state index contributed by atoms with van der Waals surface area (Å²) in [4.78, 5) is 26.1. The molecule has 86 valence electrons. The Morgan fingerprint density at radius 3 is 2.62 bits per heavy atom. The smallest absolute Gasteiger partial charge is 0.355 e. The molecule has 0 aromatic carbocycles. The van der Waals surface area contributed by atoms with Crippen LogP contribution in [0.3, 0.4) is 0 Å². The number of hydrogen-bond acceptors (Lipinski definition) is 4. The lowest BCUT2D eigenvalue weighted by atomic mass is 10.1. The molecule has 0 spiro atoms. The summed E-state index contributed by atoms with van der Waals surface area (Å²) in [7, 11) is 0. The molecule has 0 unspecified atom stereocenters. The molecular formula is C11H13NO4. The first-order valence-corrected chi connectivity index (χ1v) is 4.99. The number of esters is 1. The lowest BCUT2D eigenvalue weighted by molar-refractivity contribution is 0.0512. The van der Waals surface area contributed by atoms with E-state index in [2.05, 4.69) is 4.98 Å². The number of aromatic nitrogens is 1. The van der Waals surface area contributed by atoms with Crippen molar-refractivity contribution < 1.29 is 19.4 Å². The highest BCUT2D eigenvalue weighted by atomic mass is 16.5. The second-order valence-corrected chi connectivity index (χ2v) is 3.12. The predicted octanol–water partition coefficient (Wildman–Crippen LogP) is 1.52. The van der Waals surface area contributed by atoms with Gasteiger partial charge in [-0.2, -0.15) is 0 Å². The molecular weight excluding hydrogens is 210 g/mol. The highest BCUT2D eigenvalue weighted by molar-refractivity contribution is 6.01. The molecule has 0 saturated heterocycles. The zero-order valence-electron chi connectivity index (χ0n) is 9.19. The summed E-state index contributed by atoms with van der Waals surface area (Å²) >= 11 is 0. The van der Waals surface area contributed by atoms with Crippen molar-refractivity contribution in [2.45, 2.75) is 20.3 Å². The van der Waals surface area contributed by atoms with Gasteiger partial charge < -0.3 is 9.84 Å². The molecule has 1 heterocycles. The molecule has 5 heteroatoms. The fourth-order valence-electron chi connectivity index (χ4n) is 1.24. The summed E-state index contributed by atoms with van der Waals surface area (Å²) in [5, 5.41) is 8.88. The lowest BCUT2D eigenvalue weighted by Gasteiger charge is -2.06. The van der Waals surface area contributed by atoms with E-state index in [9.17, 15) is 9.59 Å². The first-order valence-electron chi connectivity index (χ1n) is 4.99. The Morgan fingerprint density at radius 1 is 1.44 bits per heavy atom. The van der Waals surface area contributed by atoms with E-state index >= 15 is 0 Å². The third kappa shape index (κ3) is 2.56. The highest BCUT2D eigenvalue weighted by Gasteiger charge is 2.19. The Kier molecular flexibility index (Phi) is 3.99. The normalized spacial score (nSPS) is 9.88. The Morgan fingerprint density at radius 2 is 2.12 bits per heavy atom. The Hall–Kier alpha value is -1.91. The Labute approximate surface area is 93.1 Å². The van der Waals surface area contributed by atoms with E-state index < -0.39 is 11.9 Å². The molecule has 1 rings (SSSR count). The molecule has 0 aliphatic heterocycles. The fraction of sp³-hybridized carbons (Fsp3) is 0.364. The summed E-state index contributed by atoms with van der Waals surface area (Å²) in [6, 6.07) is 1.51. The van der Waals surface area contributed by atoms with E-state index in [-0.39, 0.29) is 17.9 Å². The molecule has 0 saturated carbocycles. The van der Waals surface area contributed by atoms with Crippen molar-refractivity contribution >= 4 is 11.9 Å². The number of pyridine rings is 1. The Balaban J connectivity index is 3.20. The maximum atomic E-state index is 11.5. The molecule has 5 nitrogen and oxygen atoms in total. The minimum absolute atomic E-state index is 0.00806. The largest absolute Gasteiger partial charge is 0.476 e. The van der Waals surface area contributed by atoms with Gasteiger partial charge in [-0.1, -0.05) is 6.92 Å². The van der Waals surface area contributed by atoms with Crippen LogP contribution >= 0.6 is 0 Å². The first-order chi connectivity index (χ1) is 7.60. The topological polar surface area (TPSA) is 76.5 Å². The van der Waals surface area contributed by atoms with Crippen LogP contribution in [0.4, 0.5) is 0 Å². The van der Waals surface area contributed by atoms with E-state index in [1.807, 2.05) is 6.92 Å². The number of aromatic carboxylic acids is 1. The van der Waals surface area contributed by atoms with E-state index in [4.69, 9.17) is 9.84 Å². The molecule has 1 aromatic rings. The Bertz CT molecular complexity index is 414. The monoisotopic (exact) mass is 223 g/mol. The third-order valence-electron chi connectivity index (χ3n) is 2.05. The van der Waals surface area contributed by atoms with Gasteiger partial charge in [-0.15, -0.1) is 0 Å². The summed E-state index contributed by atoms with van der Waals surface area (Å²) in [5.41, 5.74) is 0.539. The lowest BCUT2D eigenvalue weighted by Crippen LogP contribution is -2.14. The van der Waals surface area contributed by atoms with E-state index in [0.29, 0.717) is 6.42 Å². The van der Waals surface area contributed by atoms with E-state index in [1.165, 1.54) is 12.3 Å². The summed E-state index contributed by atoms with van der Waals surface area (Å²) in [6.45, 7) is 3.76. The minimum Gasteiger partial charge on any atom is -0.476 e. The van der Waals surface area contributed by atoms with Gasteiger partial charge in [-0.05, 0) is 25.0 Å². The minimum atomic E-state index is -1.23. The maximum absolute atomic E-state index is 11.5. The molecule has 0 atom stereocenters. The summed E-state index contributed by atoms with van der Waals surface area (Å²) < 4.78 is 4.78. The van der Waals surface area contributed by atoms with Gasteiger partial charge in [-0.25, -0.2) is 14.6 Å². The number of hydrogen-bond donors (Lipinski definition) is 1. The molecule has 0 fully saturated rings. The quantitative estimate of drug-likeness (QED) is 0.783.